The number of hydrogen-bond donors (Lipinski definition) is 11. The third-order valence-electron chi connectivity index (χ3n) is 6.93. The molecule has 0 spiro atoms. The molecule has 0 bridgehead atoms. The summed E-state index contributed by atoms with van der Waals surface area (Å²) in [6.07, 6.45) is -12.3. The maximum Gasteiger partial charge on any atom is 0.280 e. The molecule has 29 nitrogen and oxygen atoms in total. The number of hydrogen-bond acceptors (Lipinski definition) is 21. The van der Waals surface area contributed by atoms with Gasteiger partial charge in [-0.15, -0.1) is 0 Å². The Balaban J connectivity index is 0.000000197. The van der Waals surface area contributed by atoms with E-state index in [1.807, 2.05) is 0 Å². The van der Waals surface area contributed by atoms with Crippen LogP contribution >= 0.6 is 8.38 Å². The molecule has 2 aliphatic rings. The highest BCUT2D eigenvalue weighted by Gasteiger charge is 2.47. The lowest BCUT2D eigenvalue weighted by atomic mass is 10.1. The number of aromatic nitrogens is 8. The number of H-pyrrole nitrogens is 2. The van der Waals surface area contributed by atoms with Crippen molar-refractivity contribution < 1.29 is 54.6 Å². The summed E-state index contributed by atoms with van der Waals surface area (Å²) in [5.74, 6) is -1.20. The van der Waals surface area contributed by atoms with Gasteiger partial charge in [0, 0.05) is 9.82 Å². The molecular formula is C20H25N16O13P. The Morgan fingerprint density at radius 1 is 0.820 bits per heavy atom. The van der Waals surface area contributed by atoms with Crippen LogP contribution in [0.15, 0.2) is 19.8 Å². The molecule has 4 aromatic rings. The Morgan fingerprint density at radius 3 is 1.74 bits per heavy atom. The van der Waals surface area contributed by atoms with Crippen LogP contribution in [0.5, 0.6) is 0 Å². The number of rotatable bonds is 9. The molecule has 4 aromatic heterocycles. The molecule has 0 aromatic carbocycles. The number of nitrogens with zero attached hydrogens (tertiary/aromatic N) is 12. The van der Waals surface area contributed by atoms with E-state index in [-0.39, 0.29) is 40.2 Å². The highest BCUT2D eigenvalue weighted by Crippen LogP contribution is 2.38. The van der Waals surface area contributed by atoms with Gasteiger partial charge in [0.2, 0.25) is 38.5 Å². The molecule has 13 N–H and O–H groups in total. The Hall–Kier alpha value is -5.09. The van der Waals surface area contributed by atoms with Gasteiger partial charge in [0.05, 0.1) is 6.61 Å². The first-order valence-corrected chi connectivity index (χ1v) is 14.9. The van der Waals surface area contributed by atoms with Gasteiger partial charge < -0.3 is 56.5 Å². The molecule has 6 rings (SSSR count). The Kier molecular flexibility index (Phi) is 10.7. The Labute approximate surface area is 274 Å². The molecule has 9 atom stereocenters. The van der Waals surface area contributed by atoms with Gasteiger partial charge in [-0.3, -0.25) is 28.7 Å². The first kappa shape index (κ1) is 36.2. The van der Waals surface area contributed by atoms with Crippen molar-refractivity contribution in [3.8, 4) is 0 Å². The third kappa shape index (κ3) is 6.72. The van der Waals surface area contributed by atoms with E-state index in [0.717, 1.165) is 9.13 Å². The number of ether oxygens (including phenoxy) is 2. The zero-order valence-corrected chi connectivity index (χ0v) is 25.5. The van der Waals surface area contributed by atoms with Crippen molar-refractivity contribution in [3.63, 3.8) is 0 Å². The Bertz CT molecular complexity index is 2090. The van der Waals surface area contributed by atoms with E-state index in [4.69, 9.17) is 42.2 Å². The van der Waals surface area contributed by atoms with Crippen molar-refractivity contribution in [1.29, 1.82) is 0 Å². The molecule has 50 heavy (non-hydrogen) atoms. The third-order valence-corrected chi connectivity index (χ3v) is 7.43. The zero-order chi connectivity index (χ0) is 36.4. The fourth-order valence-corrected chi connectivity index (χ4v) is 5.03. The molecule has 0 aliphatic carbocycles. The van der Waals surface area contributed by atoms with Gasteiger partial charge in [-0.2, -0.15) is 19.5 Å². The SMILES string of the molecule is [N-]=[N+]=Nc1nc2c(=O)[nH]c(N)nc2n1[C@@H]1O[C@H](CO)[C@H](O)C1O.[N-]=[N+]=Nc1nc2c(=O)[nH]c(N)nc2n1[C@@H]1O[C@H](OOP(O)CO)[C@H](O)C1O. The van der Waals surface area contributed by atoms with Gasteiger partial charge in [-0.05, 0) is 21.3 Å². The van der Waals surface area contributed by atoms with Crippen LogP contribution in [0, 0.1) is 0 Å². The number of nitrogens with one attached hydrogen (secondary N) is 2. The van der Waals surface area contributed by atoms with E-state index in [1.165, 1.54) is 0 Å². The summed E-state index contributed by atoms with van der Waals surface area (Å²) in [7, 11) is -2.34. The number of aliphatic hydroxyl groups excluding tert-OH is 6. The van der Waals surface area contributed by atoms with Crippen molar-refractivity contribution in [3.05, 3.63) is 41.6 Å². The molecule has 0 saturated carbocycles. The number of nitrogens with two attached hydrogens (primary N) is 2. The summed E-state index contributed by atoms with van der Waals surface area (Å²) < 4.78 is 17.1. The second-order valence-corrected chi connectivity index (χ2v) is 11.1. The van der Waals surface area contributed by atoms with Gasteiger partial charge >= 0.3 is 0 Å². The predicted molar refractivity (Wildman–Crippen MR) is 160 cm³/mol. The first-order chi connectivity index (χ1) is 23.8. The number of fused-ring (bicyclic) bond motifs is 2. The monoisotopic (exact) mass is 728 g/mol. The van der Waals surface area contributed by atoms with E-state index in [1.54, 1.807) is 0 Å². The molecule has 268 valence electrons. The number of nitrogen functional groups attached to an aromatic ring is 2. The molecule has 0 radical (unpaired) electrons. The van der Waals surface area contributed by atoms with Crippen molar-refractivity contribution in [2.45, 2.75) is 49.3 Å². The predicted octanol–water partition coefficient (Wildman–Crippen LogP) is -3.32. The number of aromatic amines is 2. The average molecular weight is 728 g/mol. The molecule has 30 heteroatoms. The van der Waals surface area contributed by atoms with E-state index in [0.29, 0.717) is 0 Å². The highest BCUT2D eigenvalue weighted by atomic mass is 31.2. The smallest absolute Gasteiger partial charge is 0.280 e. The summed E-state index contributed by atoms with van der Waals surface area (Å²) in [6, 6.07) is 0. The van der Waals surface area contributed by atoms with Crippen molar-refractivity contribution >= 4 is 54.5 Å². The topological polar surface area (TPSA) is 455 Å². The number of anilines is 2. The number of aliphatic hydroxyl groups is 6. The normalized spacial score (nSPS) is 26.7. The number of imidazole rings is 2. The quantitative estimate of drug-likeness (QED) is 0.0200. The lowest BCUT2D eigenvalue weighted by molar-refractivity contribution is -0.332. The maximum atomic E-state index is 12.0. The van der Waals surface area contributed by atoms with Crippen LogP contribution in [0.3, 0.4) is 0 Å². The second-order valence-electron chi connectivity index (χ2n) is 9.96. The fraction of sp³-hybridized carbons (Fsp3) is 0.500. The van der Waals surface area contributed by atoms with E-state index < -0.39 is 87.7 Å². The van der Waals surface area contributed by atoms with Crippen molar-refractivity contribution in [2.75, 3.05) is 24.4 Å². The average Bonchev–Trinajstić information content (AvgIpc) is 3.78. The summed E-state index contributed by atoms with van der Waals surface area (Å²) >= 11 is 0. The van der Waals surface area contributed by atoms with Crippen LogP contribution in [0.25, 0.3) is 43.2 Å². The molecule has 6 heterocycles. The molecule has 2 saturated heterocycles. The molecule has 2 fully saturated rings. The van der Waals surface area contributed by atoms with Gasteiger partial charge in [0.1, 0.15) is 36.9 Å². The molecular weight excluding hydrogens is 703 g/mol. The van der Waals surface area contributed by atoms with Gasteiger partial charge in [-0.1, -0.05) is 0 Å². The largest absolute Gasteiger partial charge is 0.394 e. The van der Waals surface area contributed by atoms with Crippen LogP contribution in [-0.2, 0) is 19.0 Å². The number of azide groups is 2. The van der Waals surface area contributed by atoms with Crippen LogP contribution in [-0.4, -0.2) is 124 Å². The summed E-state index contributed by atoms with van der Waals surface area (Å²) in [5, 5.41) is 64.8. The molecule has 3 unspecified atom stereocenters. The van der Waals surface area contributed by atoms with Gasteiger partial charge in [0.25, 0.3) is 11.1 Å². The van der Waals surface area contributed by atoms with Crippen LogP contribution < -0.4 is 22.6 Å². The van der Waals surface area contributed by atoms with Gasteiger partial charge in [-0.25, -0.2) is 9.97 Å². The maximum absolute atomic E-state index is 12.0. The summed E-state index contributed by atoms with van der Waals surface area (Å²) in [4.78, 5) is 62.7. The van der Waals surface area contributed by atoms with E-state index in [2.05, 4.69) is 59.5 Å². The molecule has 0 amide bonds. The standard InChI is InChI=1S/C10H13N8O8P.C10H12N8O5/c11-9-14-5-2(6(22)15-9)13-10(16-17-12)18(5)7-3(20)4(21)8(24-7)25-26-27(23)1-19;11-9-14-6-3(7(22)15-9)13-10(16-17-12)18(6)8-5(21)4(20)2(1-19)23-8/h3-4,7-8,19-21,23H,1H2,(H3,11,14,15,22);2,4-5,8,19-21H,1H2,(H3,11,14,15,22)/t3?,4-,7-,8-,27?;2-,4+,5?,8-/m11/s1. The summed E-state index contributed by atoms with van der Waals surface area (Å²) in [6.45, 7) is -0.547. The lowest BCUT2D eigenvalue weighted by Gasteiger charge is -2.17. The van der Waals surface area contributed by atoms with Gasteiger partial charge in [0.15, 0.2) is 34.8 Å². The van der Waals surface area contributed by atoms with E-state index in [9.17, 15) is 34.9 Å². The lowest BCUT2D eigenvalue weighted by Crippen LogP contribution is -2.33. The Morgan fingerprint density at radius 2 is 1.30 bits per heavy atom. The van der Waals surface area contributed by atoms with Crippen LogP contribution in [0.4, 0.5) is 23.8 Å². The van der Waals surface area contributed by atoms with Crippen molar-refractivity contribution in [1.82, 2.24) is 39.0 Å². The fourth-order valence-electron chi connectivity index (χ4n) is 4.80. The molecule has 2 aliphatic heterocycles. The first-order valence-electron chi connectivity index (χ1n) is 13.5. The van der Waals surface area contributed by atoms with Crippen molar-refractivity contribution in [2.24, 2.45) is 10.2 Å². The van der Waals surface area contributed by atoms with Crippen LogP contribution in [0.2, 0.25) is 0 Å². The summed E-state index contributed by atoms with van der Waals surface area (Å²) in [5.41, 5.74) is 26.2. The minimum atomic E-state index is -2.34. The highest BCUT2D eigenvalue weighted by molar-refractivity contribution is 7.45. The second kappa shape index (κ2) is 14.8. The minimum Gasteiger partial charge on any atom is -0.394 e. The van der Waals surface area contributed by atoms with Crippen LogP contribution in [0.1, 0.15) is 12.5 Å². The zero-order valence-electron chi connectivity index (χ0n) is 24.6. The minimum absolute atomic E-state index is 0.0940. The van der Waals surface area contributed by atoms with E-state index >= 15 is 0 Å².